The number of aliphatic carboxylic acids is 2. The largest absolute Gasteiger partial charge is 0.480 e. The molecule has 5 heteroatoms. The number of benzene rings is 1. The van der Waals surface area contributed by atoms with Crippen molar-refractivity contribution in [1.29, 1.82) is 0 Å². The normalized spacial score (nSPS) is 12.0. The molecule has 0 aliphatic heterocycles. The summed E-state index contributed by atoms with van der Waals surface area (Å²) in [5, 5.41) is 17.2. The van der Waals surface area contributed by atoms with Gasteiger partial charge in [0.05, 0.1) is 0 Å². The number of hydrogen-bond donors (Lipinski definition) is 2. The van der Waals surface area contributed by atoms with Crippen LogP contribution in [0.4, 0.5) is 0 Å². The molecule has 0 spiro atoms. The third-order valence-electron chi connectivity index (χ3n) is 1.70. The van der Waals surface area contributed by atoms with Crippen LogP contribution in [0.1, 0.15) is 11.7 Å². The number of hydrogen-bond acceptors (Lipinski definition) is 3. The van der Waals surface area contributed by atoms with Gasteiger partial charge in [0.15, 0.2) is 6.10 Å². The molecule has 1 rings (SSSR count). The van der Waals surface area contributed by atoms with Gasteiger partial charge in [0.25, 0.3) is 0 Å². The highest BCUT2D eigenvalue weighted by molar-refractivity contribution is 5.75. The second-order valence-corrected chi connectivity index (χ2v) is 2.83. The lowest BCUT2D eigenvalue weighted by Crippen LogP contribution is -2.19. The van der Waals surface area contributed by atoms with Gasteiger partial charge >= 0.3 is 11.9 Å². The van der Waals surface area contributed by atoms with E-state index in [4.69, 9.17) is 14.9 Å². The van der Waals surface area contributed by atoms with Crippen molar-refractivity contribution in [2.75, 3.05) is 6.61 Å². The monoisotopic (exact) mass is 210 g/mol. The fourth-order valence-electron chi connectivity index (χ4n) is 1.09. The van der Waals surface area contributed by atoms with Gasteiger partial charge in [-0.1, -0.05) is 30.3 Å². The van der Waals surface area contributed by atoms with Crippen LogP contribution in [-0.4, -0.2) is 28.8 Å². The van der Waals surface area contributed by atoms with Crippen LogP contribution in [0.25, 0.3) is 0 Å². The Balaban J connectivity index is 2.75. The molecular formula is C10H10O5. The van der Waals surface area contributed by atoms with Crippen molar-refractivity contribution in [2.45, 2.75) is 6.10 Å². The van der Waals surface area contributed by atoms with Crippen LogP contribution >= 0.6 is 0 Å². The highest BCUT2D eigenvalue weighted by Crippen LogP contribution is 2.16. The molecule has 1 atom stereocenters. The van der Waals surface area contributed by atoms with Gasteiger partial charge in [0.2, 0.25) is 0 Å². The van der Waals surface area contributed by atoms with Crippen molar-refractivity contribution in [1.82, 2.24) is 0 Å². The van der Waals surface area contributed by atoms with E-state index in [-0.39, 0.29) is 0 Å². The molecule has 0 aliphatic carbocycles. The van der Waals surface area contributed by atoms with Crippen molar-refractivity contribution in [3.63, 3.8) is 0 Å². The van der Waals surface area contributed by atoms with Crippen LogP contribution in [0.5, 0.6) is 0 Å². The first-order valence-electron chi connectivity index (χ1n) is 4.22. The summed E-state index contributed by atoms with van der Waals surface area (Å²) in [5.41, 5.74) is 0.422. The Kier molecular flexibility index (Phi) is 3.82. The lowest BCUT2D eigenvalue weighted by atomic mass is 10.1. The second-order valence-electron chi connectivity index (χ2n) is 2.83. The fourth-order valence-corrected chi connectivity index (χ4v) is 1.09. The summed E-state index contributed by atoms with van der Waals surface area (Å²) in [5.74, 6) is -2.40. The summed E-state index contributed by atoms with van der Waals surface area (Å²) in [4.78, 5) is 21.0. The number of carboxylic acids is 2. The van der Waals surface area contributed by atoms with Crippen LogP contribution in [0, 0.1) is 0 Å². The van der Waals surface area contributed by atoms with E-state index in [2.05, 4.69) is 0 Å². The van der Waals surface area contributed by atoms with Crippen LogP contribution in [-0.2, 0) is 14.3 Å². The Morgan fingerprint density at radius 3 is 2.27 bits per heavy atom. The highest BCUT2D eigenvalue weighted by Gasteiger charge is 2.20. The van der Waals surface area contributed by atoms with Crippen molar-refractivity contribution in [3.8, 4) is 0 Å². The van der Waals surface area contributed by atoms with E-state index in [0.717, 1.165) is 0 Å². The molecule has 1 aromatic rings. The highest BCUT2D eigenvalue weighted by atomic mass is 16.5. The van der Waals surface area contributed by atoms with Gasteiger partial charge in [0.1, 0.15) is 6.61 Å². The number of carbonyl (C=O) groups is 2. The maximum Gasteiger partial charge on any atom is 0.337 e. The molecule has 0 heterocycles. The van der Waals surface area contributed by atoms with Gasteiger partial charge in [-0.25, -0.2) is 9.59 Å². The molecule has 1 unspecified atom stereocenters. The molecule has 1 aromatic carbocycles. The minimum absolute atomic E-state index is 0.422. The van der Waals surface area contributed by atoms with E-state index in [0.29, 0.717) is 5.56 Å². The predicted molar refractivity (Wildman–Crippen MR) is 50.4 cm³/mol. The van der Waals surface area contributed by atoms with Gasteiger partial charge < -0.3 is 14.9 Å². The molecule has 0 aliphatic rings. The van der Waals surface area contributed by atoms with Crippen molar-refractivity contribution in [2.24, 2.45) is 0 Å². The lowest BCUT2D eigenvalue weighted by Gasteiger charge is -2.11. The number of ether oxygens (including phenoxy) is 1. The van der Waals surface area contributed by atoms with Gasteiger partial charge in [-0.3, -0.25) is 0 Å². The van der Waals surface area contributed by atoms with Gasteiger partial charge in [-0.05, 0) is 5.56 Å². The summed E-state index contributed by atoms with van der Waals surface area (Å²) in [6, 6.07) is 8.20. The van der Waals surface area contributed by atoms with E-state index in [1.807, 2.05) is 0 Å². The molecule has 0 radical (unpaired) electrons. The first kappa shape index (κ1) is 11.2. The summed E-state index contributed by atoms with van der Waals surface area (Å²) in [6.45, 7) is -0.633. The molecule has 2 N–H and O–H groups in total. The second kappa shape index (κ2) is 5.11. The molecule has 0 amide bonds. The Labute approximate surface area is 85.9 Å². The van der Waals surface area contributed by atoms with Gasteiger partial charge in [0, 0.05) is 0 Å². The van der Waals surface area contributed by atoms with Crippen molar-refractivity contribution < 1.29 is 24.5 Å². The molecule has 0 saturated carbocycles. The van der Waals surface area contributed by atoms with Crippen LogP contribution in [0.3, 0.4) is 0 Å². The van der Waals surface area contributed by atoms with Crippen LogP contribution < -0.4 is 0 Å². The Bertz CT molecular complexity index is 346. The summed E-state index contributed by atoms with van der Waals surface area (Å²) >= 11 is 0. The SMILES string of the molecule is O=C(O)COC(C(=O)O)c1ccccc1. The van der Waals surface area contributed by atoms with Gasteiger partial charge in [-0.2, -0.15) is 0 Å². The topological polar surface area (TPSA) is 83.8 Å². The molecule has 0 saturated heterocycles. The molecule has 5 nitrogen and oxygen atoms in total. The zero-order chi connectivity index (χ0) is 11.3. The zero-order valence-electron chi connectivity index (χ0n) is 7.79. The quantitative estimate of drug-likeness (QED) is 0.754. The maximum atomic E-state index is 10.8. The molecule has 15 heavy (non-hydrogen) atoms. The van der Waals surface area contributed by atoms with E-state index in [9.17, 15) is 9.59 Å². The molecule has 80 valence electrons. The molecule has 0 fully saturated rings. The van der Waals surface area contributed by atoms with E-state index in [1.54, 1.807) is 30.3 Å². The molecule has 0 bridgehead atoms. The van der Waals surface area contributed by atoms with E-state index >= 15 is 0 Å². The summed E-state index contributed by atoms with van der Waals surface area (Å²) < 4.78 is 4.75. The van der Waals surface area contributed by atoms with Crippen molar-refractivity contribution in [3.05, 3.63) is 35.9 Å². The van der Waals surface area contributed by atoms with Crippen LogP contribution in [0.2, 0.25) is 0 Å². The Morgan fingerprint density at radius 1 is 1.20 bits per heavy atom. The van der Waals surface area contributed by atoms with Crippen molar-refractivity contribution >= 4 is 11.9 Å². The Hall–Kier alpha value is -1.88. The predicted octanol–water partition coefficient (Wildman–Crippen LogP) is 0.913. The Morgan fingerprint density at radius 2 is 1.80 bits per heavy atom. The zero-order valence-corrected chi connectivity index (χ0v) is 7.79. The minimum atomic E-state index is -1.23. The molecular weight excluding hydrogens is 200 g/mol. The maximum absolute atomic E-state index is 10.8. The minimum Gasteiger partial charge on any atom is -0.480 e. The average Bonchev–Trinajstić information content (AvgIpc) is 2.18. The first-order valence-corrected chi connectivity index (χ1v) is 4.22. The fraction of sp³-hybridized carbons (Fsp3) is 0.200. The number of rotatable bonds is 5. The van der Waals surface area contributed by atoms with E-state index < -0.39 is 24.6 Å². The summed E-state index contributed by atoms with van der Waals surface area (Å²) in [6.07, 6.45) is -1.23. The third kappa shape index (κ3) is 3.40. The smallest absolute Gasteiger partial charge is 0.337 e. The van der Waals surface area contributed by atoms with Crippen LogP contribution in [0.15, 0.2) is 30.3 Å². The standard InChI is InChI=1S/C10H10O5/c11-8(12)6-15-9(10(13)14)7-4-2-1-3-5-7/h1-5,9H,6H2,(H,11,12)(H,13,14). The van der Waals surface area contributed by atoms with Gasteiger partial charge in [-0.15, -0.1) is 0 Å². The van der Waals surface area contributed by atoms with E-state index in [1.165, 1.54) is 0 Å². The molecule has 0 aromatic heterocycles. The average molecular weight is 210 g/mol. The number of carboxylic acid groups (broad SMARTS) is 2. The summed E-state index contributed by atoms with van der Waals surface area (Å²) in [7, 11) is 0. The lowest BCUT2D eigenvalue weighted by molar-refractivity contribution is -0.156. The third-order valence-corrected chi connectivity index (χ3v) is 1.70. The first-order chi connectivity index (χ1) is 7.11.